The van der Waals surface area contributed by atoms with Crippen LogP contribution in [0.2, 0.25) is 0 Å². The molecule has 122 valence electrons. The summed E-state index contributed by atoms with van der Waals surface area (Å²) in [4.78, 5) is 14.5. The zero-order valence-corrected chi connectivity index (χ0v) is 12.5. The SMILES string of the molecule is O=C(O)N1CCN(c2nnco2)[C@H](COCc2ccccc2)C1. The number of amides is 1. The third-order valence-electron chi connectivity index (χ3n) is 3.77. The van der Waals surface area contributed by atoms with Gasteiger partial charge in [-0.25, -0.2) is 4.79 Å². The van der Waals surface area contributed by atoms with Crippen molar-refractivity contribution in [2.75, 3.05) is 31.1 Å². The smallest absolute Gasteiger partial charge is 0.407 e. The Morgan fingerprint density at radius 1 is 1.35 bits per heavy atom. The van der Waals surface area contributed by atoms with E-state index in [0.717, 1.165) is 5.56 Å². The van der Waals surface area contributed by atoms with Crippen molar-refractivity contribution in [1.82, 2.24) is 15.1 Å². The zero-order chi connectivity index (χ0) is 16.1. The number of hydrogen-bond acceptors (Lipinski definition) is 6. The van der Waals surface area contributed by atoms with Gasteiger partial charge >= 0.3 is 12.1 Å². The number of nitrogens with zero attached hydrogens (tertiary/aromatic N) is 4. The molecule has 3 rings (SSSR count). The number of piperazine rings is 1. The van der Waals surface area contributed by atoms with Crippen molar-refractivity contribution in [3.63, 3.8) is 0 Å². The third-order valence-corrected chi connectivity index (χ3v) is 3.77. The van der Waals surface area contributed by atoms with Gasteiger partial charge < -0.3 is 24.1 Å². The predicted octanol–water partition coefficient (Wildman–Crippen LogP) is 1.45. The van der Waals surface area contributed by atoms with Crippen LogP contribution in [0.1, 0.15) is 5.56 Å². The van der Waals surface area contributed by atoms with E-state index in [1.807, 2.05) is 35.2 Å². The average molecular weight is 318 g/mol. The molecule has 2 heterocycles. The maximum Gasteiger partial charge on any atom is 0.407 e. The zero-order valence-electron chi connectivity index (χ0n) is 12.5. The van der Waals surface area contributed by atoms with Gasteiger partial charge in [-0.05, 0) is 5.56 Å². The summed E-state index contributed by atoms with van der Waals surface area (Å²) < 4.78 is 11.0. The van der Waals surface area contributed by atoms with E-state index in [9.17, 15) is 9.90 Å². The van der Waals surface area contributed by atoms with E-state index in [4.69, 9.17) is 9.15 Å². The summed E-state index contributed by atoms with van der Waals surface area (Å²) in [6.45, 7) is 2.08. The van der Waals surface area contributed by atoms with E-state index in [1.54, 1.807) is 0 Å². The molecule has 0 bridgehead atoms. The van der Waals surface area contributed by atoms with E-state index in [1.165, 1.54) is 11.3 Å². The topological polar surface area (TPSA) is 91.9 Å². The van der Waals surface area contributed by atoms with Gasteiger partial charge in [-0.2, -0.15) is 0 Å². The monoisotopic (exact) mass is 318 g/mol. The van der Waals surface area contributed by atoms with Gasteiger partial charge in [0.05, 0.1) is 19.3 Å². The summed E-state index contributed by atoms with van der Waals surface area (Å²) in [7, 11) is 0. The highest BCUT2D eigenvalue weighted by Crippen LogP contribution is 2.18. The molecule has 1 aliphatic heterocycles. The first-order valence-electron chi connectivity index (χ1n) is 7.36. The fraction of sp³-hybridized carbons (Fsp3) is 0.400. The molecule has 0 radical (unpaired) electrons. The van der Waals surface area contributed by atoms with Crippen molar-refractivity contribution < 1.29 is 19.1 Å². The minimum Gasteiger partial charge on any atom is -0.465 e. The normalized spacial score (nSPS) is 18.2. The van der Waals surface area contributed by atoms with Gasteiger partial charge in [0.15, 0.2) is 0 Å². The first-order valence-corrected chi connectivity index (χ1v) is 7.36. The van der Waals surface area contributed by atoms with Crippen LogP contribution < -0.4 is 4.90 Å². The Bertz CT molecular complexity index is 620. The third kappa shape index (κ3) is 3.78. The Hall–Kier alpha value is -2.61. The first-order chi connectivity index (χ1) is 11.2. The van der Waals surface area contributed by atoms with Crippen LogP contribution in [0.25, 0.3) is 0 Å². The number of hydrogen-bond donors (Lipinski definition) is 1. The van der Waals surface area contributed by atoms with Crippen molar-refractivity contribution in [3.8, 4) is 0 Å². The molecule has 8 nitrogen and oxygen atoms in total. The fourth-order valence-electron chi connectivity index (χ4n) is 2.60. The second kappa shape index (κ2) is 7.10. The number of anilines is 1. The summed E-state index contributed by atoms with van der Waals surface area (Å²) in [5.41, 5.74) is 1.07. The van der Waals surface area contributed by atoms with Gasteiger partial charge in [-0.3, -0.25) is 0 Å². The molecule has 0 unspecified atom stereocenters. The van der Waals surface area contributed by atoms with Crippen LogP contribution in [0, 0.1) is 0 Å². The minimum absolute atomic E-state index is 0.163. The Labute approximate surface area is 133 Å². The van der Waals surface area contributed by atoms with Crippen molar-refractivity contribution >= 4 is 12.1 Å². The molecule has 2 aromatic rings. The van der Waals surface area contributed by atoms with Crippen molar-refractivity contribution in [1.29, 1.82) is 0 Å². The standard InChI is InChI=1S/C15H18N4O4/c20-15(21)18-6-7-19(14-17-16-11-23-14)13(8-18)10-22-9-12-4-2-1-3-5-12/h1-5,11,13H,6-10H2,(H,20,21)/t13-/m0/s1. The minimum atomic E-state index is -0.928. The van der Waals surface area contributed by atoms with Crippen molar-refractivity contribution in [3.05, 3.63) is 42.3 Å². The molecule has 1 aromatic carbocycles. The largest absolute Gasteiger partial charge is 0.465 e. The molecule has 1 fully saturated rings. The summed E-state index contributed by atoms with van der Waals surface area (Å²) >= 11 is 0. The Balaban J connectivity index is 1.62. The summed E-state index contributed by atoms with van der Waals surface area (Å²) in [5, 5.41) is 16.8. The molecule has 23 heavy (non-hydrogen) atoms. The number of carboxylic acid groups (broad SMARTS) is 1. The molecule has 0 aliphatic carbocycles. The van der Waals surface area contributed by atoms with E-state index >= 15 is 0 Å². The average Bonchev–Trinajstić information content (AvgIpc) is 3.10. The van der Waals surface area contributed by atoms with E-state index in [2.05, 4.69) is 10.2 Å². The van der Waals surface area contributed by atoms with Crippen LogP contribution in [0.3, 0.4) is 0 Å². The number of carbonyl (C=O) groups is 1. The second-order valence-corrected chi connectivity index (χ2v) is 5.30. The summed E-state index contributed by atoms with van der Waals surface area (Å²) in [6.07, 6.45) is 0.337. The van der Waals surface area contributed by atoms with Crippen LogP contribution in [-0.4, -0.2) is 58.6 Å². The summed E-state index contributed by atoms with van der Waals surface area (Å²) in [5.74, 6) is 0. The lowest BCUT2D eigenvalue weighted by molar-refractivity contribution is 0.0783. The van der Waals surface area contributed by atoms with E-state index in [0.29, 0.717) is 38.9 Å². The van der Waals surface area contributed by atoms with Crippen LogP contribution >= 0.6 is 0 Å². The lowest BCUT2D eigenvalue weighted by atomic mass is 10.2. The van der Waals surface area contributed by atoms with E-state index < -0.39 is 6.09 Å². The lowest BCUT2D eigenvalue weighted by Gasteiger charge is -2.39. The lowest BCUT2D eigenvalue weighted by Crippen LogP contribution is -2.56. The number of aromatic nitrogens is 2. The quantitative estimate of drug-likeness (QED) is 0.892. The molecule has 1 N–H and O–H groups in total. The molecule has 1 atom stereocenters. The van der Waals surface area contributed by atoms with Crippen LogP contribution in [0.4, 0.5) is 10.8 Å². The summed E-state index contributed by atoms with van der Waals surface area (Å²) in [6, 6.07) is 10.1. The number of ether oxygens (including phenoxy) is 1. The molecule has 1 aromatic heterocycles. The maximum absolute atomic E-state index is 11.2. The molecule has 1 aliphatic rings. The fourth-order valence-corrected chi connectivity index (χ4v) is 2.60. The highest BCUT2D eigenvalue weighted by Gasteiger charge is 2.32. The Morgan fingerprint density at radius 3 is 2.87 bits per heavy atom. The highest BCUT2D eigenvalue weighted by molar-refractivity contribution is 5.65. The molecule has 1 amide bonds. The second-order valence-electron chi connectivity index (χ2n) is 5.30. The van der Waals surface area contributed by atoms with Gasteiger partial charge in [0.25, 0.3) is 0 Å². The van der Waals surface area contributed by atoms with Gasteiger partial charge in [0.1, 0.15) is 0 Å². The van der Waals surface area contributed by atoms with Crippen LogP contribution in [0.5, 0.6) is 0 Å². The van der Waals surface area contributed by atoms with Crippen molar-refractivity contribution in [2.45, 2.75) is 12.6 Å². The molecule has 8 heteroatoms. The Kier molecular flexibility index (Phi) is 4.72. The van der Waals surface area contributed by atoms with Gasteiger partial charge in [0.2, 0.25) is 6.39 Å². The molecular formula is C15H18N4O4. The molecule has 1 saturated heterocycles. The number of benzene rings is 1. The molecule has 0 saturated carbocycles. The predicted molar refractivity (Wildman–Crippen MR) is 81.1 cm³/mol. The molecule has 0 spiro atoms. The Morgan fingerprint density at radius 2 is 2.17 bits per heavy atom. The van der Waals surface area contributed by atoms with Crippen LogP contribution in [0.15, 0.2) is 41.1 Å². The van der Waals surface area contributed by atoms with Crippen molar-refractivity contribution in [2.24, 2.45) is 0 Å². The first kappa shape index (κ1) is 15.3. The van der Waals surface area contributed by atoms with Crippen LogP contribution in [-0.2, 0) is 11.3 Å². The van der Waals surface area contributed by atoms with Gasteiger partial charge in [-0.1, -0.05) is 35.4 Å². The van der Waals surface area contributed by atoms with E-state index in [-0.39, 0.29) is 6.04 Å². The highest BCUT2D eigenvalue weighted by atomic mass is 16.5. The van der Waals surface area contributed by atoms with Gasteiger partial charge in [-0.15, -0.1) is 5.10 Å². The van der Waals surface area contributed by atoms with Gasteiger partial charge in [0, 0.05) is 19.6 Å². The maximum atomic E-state index is 11.2. The number of rotatable bonds is 5. The molecular weight excluding hydrogens is 300 g/mol.